The van der Waals surface area contributed by atoms with Gasteiger partial charge in [-0.1, -0.05) is 19.3 Å². The van der Waals surface area contributed by atoms with Gasteiger partial charge in [0.25, 0.3) is 0 Å². The zero-order valence-electron chi connectivity index (χ0n) is 12.0. The van der Waals surface area contributed by atoms with Gasteiger partial charge in [0.1, 0.15) is 6.04 Å². The standard InChI is InChI=1S/C15H25N3O2/c19-13-5-4-12(18-13)14(20)17-11-6-9-16-15(10-11)7-2-1-3-8-15/h11-12,16H,1-10H2,(H,17,20)(H,18,19). The van der Waals surface area contributed by atoms with Gasteiger partial charge in [-0.05, 0) is 38.6 Å². The lowest BCUT2D eigenvalue weighted by atomic mass is 9.75. The molecule has 2 amide bonds. The molecule has 2 unspecified atom stereocenters. The highest BCUT2D eigenvalue weighted by molar-refractivity contribution is 5.90. The van der Waals surface area contributed by atoms with Crippen LogP contribution in [0.15, 0.2) is 0 Å². The maximum Gasteiger partial charge on any atom is 0.242 e. The van der Waals surface area contributed by atoms with Gasteiger partial charge in [-0.25, -0.2) is 0 Å². The molecule has 3 fully saturated rings. The van der Waals surface area contributed by atoms with E-state index in [1.807, 2.05) is 0 Å². The number of nitrogens with one attached hydrogen (secondary N) is 3. The average Bonchev–Trinajstić information content (AvgIpc) is 2.86. The first-order valence-electron chi connectivity index (χ1n) is 8.02. The summed E-state index contributed by atoms with van der Waals surface area (Å²) in [5, 5.41) is 9.60. The number of carbonyl (C=O) groups excluding carboxylic acids is 2. The second kappa shape index (κ2) is 5.72. The topological polar surface area (TPSA) is 70.2 Å². The molecule has 5 nitrogen and oxygen atoms in total. The predicted molar refractivity (Wildman–Crippen MR) is 76.1 cm³/mol. The molecule has 2 aliphatic heterocycles. The first kappa shape index (κ1) is 13.9. The lowest BCUT2D eigenvalue weighted by molar-refractivity contribution is -0.126. The van der Waals surface area contributed by atoms with Crippen molar-refractivity contribution in [2.75, 3.05) is 6.54 Å². The summed E-state index contributed by atoms with van der Waals surface area (Å²) in [6, 6.07) is -0.0426. The van der Waals surface area contributed by atoms with Crippen molar-refractivity contribution < 1.29 is 9.59 Å². The molecular weight excluding hydrogens is 254 g/mol. The predicted octanol–water partition coefficient (Wildman–Crippen LogP) is 0.836. The van der Waals surface area contributed by atoms with E-state index in [0.717, 1.165) is 19.4 Å². The highest BCUT2D eigenvalue weighted by Gasteiger charge is 2.38. The first-order valence-corrected chi connectivity index (χ1v) is 8.02. The van der Waals surface area contributed by atoms with Crippen LogP contribution in [0.4, 0.5) is 0 Å². The van der Waals surface area contributed by atoms with Gasteiger partial charge in [0, 0.05) is 18.0 Å². The van der Waals surface area contributed by atoms with E-state index in [9.17, 15) is 9.59 Å². The average molecular weight is 279 g/mol. The monoisotopic (exact) mass is 279 g/mol. The third kappa shape index (κ3) is 2.97. The van der Waals surface area contributed by atoms with Gasteiger partial charge in [0.05, 0.1) is 0 Å². The van der Waals surface area contributed by atoms with Crippen molar-refractivity contribution in [1.82, 2.24) is 16.0 Å². The fraction of sp³-hybridized carbons (Fsp3) is 0.867. The van der Waals surface area contributed by atoms with E-state index in [2.05, 4.69) is 16.0 Å². The zero-order chi connectivity index (χ0) is 14.0. The first-order chi connectivity index (χ1) is 9.67. The van der Waals surface area contributed by atoms with Crippen molar-refractivity contribution >= 4 is 11.8 Å². The van der Waals surface area contributed by atoms with Crippen molar-refractivity contribution in [3.05, 3.63) is 0 Å². The largest absolute Gasteiger partial charge is 0.351 e. The Labute approximate surface area is 120 Å². The van der Waals surface area contributed by atoms with Crippen LogP contribution in [0, 0.1) is 0 Å². The van der Waals surface area contributed by atoms with E-state index in [1.165, 1.54) is 32.1 Å². The lowest BCUT2D eigenvalue weighted by Gasteiger charge is -2.45. The third-order valence-corrected chi connectivity index (χ3v) is 5.10. The van der Waals surface area contributed by atoms with Crippen LogP contribution in [0.2, 0.25) is 0 Å². The van der Waals surface area contributed by atoms with Crippen LogP contribution in [0.1, 0.15) is 57.8 Å². The molecule has 2 atom stereocenters. The number of rotatable bonds is 2. The van der Waals surface area contributed by atoms with Crippen LogP contribution in [0.3, 0.4) is 0 Å². The highest BCUT2D eigenvalue weighted by Crippen LogP contribution is 2.34. The molecule has 112 valence electrons. The maximum absolute atomic E-state index is 12.2. The molecule has 1 spiro atoms. The molecule has 3 rings (SSSR count). The van der Waals surface area contributed by atoms with Crippen LogP contribution < -0.4 is 16.0 Å². The minimum Gasteiger partial charge on any atom is -0.351 e. The van der Waals surface area contributed by atoms with E-state index in [-0.39, 0.29) is 29.4 Å². The Morgan fingerprint density at radius 2 is 2.00 bits per heavy atom. The van der Waals surface area contributed by atoms with Gasteiger partial charge in [0.15, 0.2) is 0 Å². The van der Waals surface area contributed by atoms with Gasteiger partial charge in [0.2, 0.25) is 11.8 Å². The third-order valence-electron chi connectivity index (χ3n) is 5.10. The fourth-order valence-corrected chi connectivity index (χ4v) is 4.00. The summed E-state index contributed by atoms with van der Waals surface area (Å²) >= 11 is 0. The van der Waals surface area contributed by atoms with Crippen LogP contribution in [0.5, 0.6) is 0 Å². The quantitative estimate of drug-likeness (QED) is 0.701. The molecule has 2 heterocycles. The molecule has 0 radical (unpaired) electrons. The molecule has 0 aromatic carbocycles. The Balaban J connectivity index is 1.54. The van der Waals surface area contributed by atoms with Crippen LogP contribution >= 0.6 is 0 Å². The Bertz CT molecular complexity index is 385. The smallest absolute Gasteiger partial charge is 0.242 e. The Hall–Kier alpha value is -1.10. The summed E-state index contributed by atoms with van der Waals surface area (Å²) < 4.78 is 0. The van der Waals surface area contributed by atoms with E-state index in [1.54, 1.807) is 0 Å². The summed E-state index contributed by atoms with van der Waals surface area (Å²) in [5.41, 5.74) is 0.257. The maximum atomic E-state index is 12.2. The molecule has 2 saturated heterocycles. The van der Waals surface area contributed by atoms with E-state index in [0.29, 0.717) is 12.8 Å². The summed E-state index contributed by atoms with van der Waals surface area (Å²) in [6.45, 7) is 0.988. The fourth-order valence-electron chi connectivity index (χ4n) is 4.00. The van der Waals surface area contributed by atoms with Crippen LogP contribution in [-0.4, -0.2) is 36.0 Å². The second-order valence-corrected chi connectivity index (χ2v) is 6.62. The van der Waals surface area contributed by atoms with Gasteiger partial charge in [-0.2, -0.15) is 0 Å². The zero-order valence-corrected chi connectivity index (χ0v) is 12.0. The van der Waals surface area contributed by atoms with Crippen LogP contribution in [-0.2, 0) is 9.59 Å². The van der Waals surface area contributed by atoms with Crippen molar-refractivity contribution in [2.45, 2.75) is 75.4 Å². The molecule has 3 N–H and O–H groups in total. The molecule has 1 aliphatic carbocycles. The second-order valence-electron chi connectivity index (χ2n) is 6.62. The van der Waals surface area contributed by atoms with Crippen molar-refractivity contribution in [1.29, 1.82) is 0 Å². The van der Waals surface area contributed by atoms with Crippen LogP contribution in [0.25, 0.3) is 0 Å². The molecule has 0 aromatic heterocycles. The SMILES string of the molecule is O=C1CCC(C(=O)NC2CCNC3(CCCCC3)C2)N1. The Morgan fingerprint density at radius 1 is 1.20 bits per heavy atom. The van der Waals surface area contributed by atoms with Gasteiger partial charge >= 0.3 is 0 Å². The van der Waals surface area contributed by atoms with E-state index >= 15 is 0 Å². The molecular formula is C15H25N3O2. The number of piperidine rings is 1. The molecule has 0 aromatic rings. The minimum absolute atomic E-state index is 0.000730. The molecule has 0 bridgehead atoms. The Kier molecular flexibility index (Phi) is 3.96. The van der Waals surface area contributed by atoms with Crippen molar-refractivity contribution in [3.8, 4) is 0 Å². The number of amides is 2. The number of carbonyl (C=O) groups is 2. The van der Waals surface area contributed by atoms with Gasteiger partial charge < -0.3 is 16.0 Å². The normalized spacial score (nSPS) is 32.9. The summed E-state index contributed by atoms with van der Waals surface area (Å²) in [7, 11) is 0. The van der Waals surface area contributed by atoms with Gasteiger partial charge in [-0.15, -0.1) is 0 Å². The summed E-state index contributed by atoms with van der Waals surface area (Å²) in [4.78, 5) is 23.4. The van der Waals surface area contributed by atoms with Crippen molar-refractivity contribution in [3.63, 3.8) is 0 Å². The molecule has 1 saturated carbocycles. The molecule has 3 aliphatic rings. The lowest BCUT2D eigenvalue weighted by Crippen LogP contribution is -2.58. The van der Waals surface area contributed by atoms with Gasteiger partial charge in [-0.3, -0.25) is 9.59 Å². The number of hydrogen-bond acceptors (Lipinski definition) is 3. The molecule has 5 heteroatoms. The minimum atomic E-state index is -0.306. The highest BCUT2D eigenvalue weighted by atomic mass is 16.2. The summed E-state index contributed by atoms with van der Waals surface area (Å²) in [6.07, 6.45) is 9.56. The Morgan fingerprint density at radius 3 is 2.70 bits per heavy atom. The summed E-state index contributed by atoms with van der Waals surface area (Å²) in [5.74, 6) is 0.00733. The van der Waals surface area contributed by atoms with E-state index in [4.69, 9.17) is 0 Å². The molecule has 20 heavy (non-hydrogen) atoms. The van der Waals surface area contributed by atoms with Crippen molar-refractivity contribution in [2.24, 2.45) is 0 Å². The van der Waals surface area contributed by atoms with E-state index < -0.39 is 0 Å². The number of hydrogen-bond donors (Lipinski definition) is 3.